The molecule has 0 saturated carbocycles. The van der Waals surface area contributed by atoms with E-state index < -0.39 is 18.7 Å². The second kappa shape index (κ2) is 13.0. The number of thiazole rings is 1. The molecule has 2 amide bonds. The molecule has 0 spiro atoms. The zero-order chi connectivity index (χ0) is 29.8. The molecule has 1 aromatic carbocycles. The van der Waals surface area contributed by atoms with Crippen molar-refractivity contribution in [1.29, 1.82) is 0 Å². The van der Waals surface area contributed by atoms with Gasteiger partial charge in [-0.1, -0.05) is 0 Å². The van der Waals surface area contributed by atoms with Crippen molar-refractivity contribution in [2.75, 3.05) is 44.0 Å². The van der Waals surface area contributed by atoms with Crippen LogP contribution in [0.5, 0.6) is 5.75 Å². The van der Waals surface area contributed by atoms with E-state index in [1.807, 2.05) is 12.1 Å². The van der Waals surface area contributed by atoms with Crippen molar-refractivity contribution in [3.05, 3.63) is 41.4 Å². The van der Waals surface area contributed by atoms with Crippen LogP contribution in [0.25, 0.3) is 22.4 Å². The number of aliphatic carboxylic acids is 1. The first-order valence-corrected chi connectivity index (χ1v) is 14.7. The summed E-state index contributed by atoms with van der Waals surface area (Å²) >= 11 is 1.26. The number of benzene rings is 1. The van der Waals surface area contributed by atoms with Crippen molar-refractivity contribution in [2.45, 2.75) is 38.5 Å². The van der Waals surface area contributed by atoms with E-state index in [1.165, 1.54) is 16.2 Å². The van der Waals surface area contributed by atoms with Gasteiger partial charge in [0.25, 0.3) is 0 Å². The lowest BCUT2D eigenvalue weighted by atomic mass is 9.86. The van der Waals surface area contributed by atoms with Crippen LogP contribution in [-0.4, -0.2) is 67.0 Å². The van der Waals surface area contributed by atoms with E-state index in [0.717, 1.165) is 29.5 Å². The second-order valence-corrected chi connectivity index (χ2v) is 11.5. The van der Waals surface area contributed by atoms with E-state index >= 15 is 0 Å². The van der Waals surface area contributed by atoms with Crippen LogP contribution in [0.1, 0.15) is 37.7 Å². The Morgan fingerprint density at radius 2 is 2.02 bits per heavy atom. The number of rotatable bonds is 10. The molecule has 0 bridgehead atoms. The number of hydrogen-bond donors (Lipinski definition) is 1. The van der Waals surface area contributed by atoms with E-state index in [9.17, 15) is 23.9 Å². The highest BCUT2D eigenvalue weighted by Crippen LogP contribution is 2.39. The standard InChI is InChI=1S/C30H33FN4O6S/c1-34-26(36)6-3-19-12-21(15-32-28(19)34)23-5-4-22(41-17-31)14-24(23)25-16-42-30(33-25)35(2)29(39)20(13-27(37)38)11-18-7-9-40-10-8-18/h4-5,12,14-16,18,20H,3,6-11,13,17H2,1-2H3,(H,37,38)/t20-/m1/s1. The lowest BCUT2D eigenvalue weighted by Crippen LogP contribution is -2.35. The first kappa shape index (κ1) is 29.6. The smallest absolute Gasteiger partial charge is 0.304 e. The Balaban J connectivity index is 1.44. The summed E-state index contributed by atoms with van der Waals surface area (Å²) in [4.78, 5) is 49.5. The Hall–Kier alpha value is -3.90. The third-order valence-electron chi connectivity index (χ3n) is 7.88. The van der Waals surface area contributed by atoms with Gasteiger partial charge in [0.2, 0.25) is 18.7 Å². The number of hydrogen-bond acceptors (Lipinski definition) is 8. The normalized spacial score (nSPS) is 16.2. The fourth-order valence-electron chi connectivity index (χ4n) is 5.58. The number of ether oxygens (including phenoxy) is 2. The molecular formula is C30H33FN4O6S. The van der Waals surface area contributed by atoms with Gasteiger partial charge in [0.15, 0.2) is 5.13 Å². The maximum Gasteiger partial charge on any atom is 0.304 e. The molecule has 0 radical (unpaired) electrons. The number of nitrogens with zero attached hydrogens (tertiary/aromatic N) is 4. The second-order valence-electron chi connectivity index (χ2n) is 10.6. The number of pyridine rings is 1. The topological polar surface area (TPSA) is 122 Å². The van der Waals surface area contributed by atoms with Gasteiger partial charge in [0.1, 0.15) is 11.6 Å². The van der Waals surface area contributed by atoms with Gasteiger partial charge in [-0.05, 0) is 67.0 Å². The average molecular weight is 597 g/mol. The highest BCUT2D eigenvalue weighted by molar-refractivity contribution is 7.14. The van der Waals surface area contributed by atoms with Gasteiger partial charge in [-0.15, -0.1) is 11.3 Å². The molecule has 2 aromatic heterocycles. The van der Waals surface area contributed by atoms with E-state index in [1.54, 1.807) is 42.7 Å². The van der Waals surface area contributed by atoms with Crippen molar-refractivity contribution in [1.82, 2.24) is 9.97 Å². The number of carboxylic acids is 1. The summed E-state index contributed by atoms with van der Waals surface area (Å²) in [5, 5.41) is 11.7. The number of halogens is 1. The summed E-state index contributed by atoms with van der Waals surface area (Å²) in [5.74, 6) is -0.786. The van der Waals surface area contributed by atoms with Gasteiger partial charge in [-0.2, -0.15) is 0 Å². The molecule has 1 saturated heterocycles. The van der Waals surface area contributed by atoms with Crippen LogP contribution in [0.3, 0.4) is 0 Å². The molecular weight excluding hydrogens is 563 g/mol. The first-order valence-electron chi connectivity index (χ1n) is 13.9. The molecule has 4 heterocycles. The number of anilines is 2. The molecule has 1 N–H and O–H groups in total. The van der Waals surface area contributed by atoms with Crippen LogP contribution >= 0.6 is 11.3 Å². The third-order valence-corrected chi connectivity index (χ3v) is 8.80. The Bertz CT molecular complexity index is 1470. The summed E-state index contributed by atoms with van der Waals surface area (Å²) in [6.07, 6.45) is 4.51. The summed E-state index contributed by atoms with van der Waals surface area (Å²) in [6.45, 7) is 0.246. The molecule has 0 unspecified atom stereocenters. The third kappa shape index (κ3) is 6.44. The van der Waals surface area contributed by atoms with E-state index in [2.05, 4.69) is 4.98 Å². The van der Waals surface area contributed by atoms with Gasteiger partial charge in [-0.25, -0.2) is 14.4 Å². The number of carbonyl (C=O) groups is 3. The van der Waals surface area contributed by atoms with Crippen LogP contribution in [0.4, 0.5) is 15.3 Å². The van der Waals surface area contributed by atoms with Crippen LogP contribution in [0.2, 0.25) is 0 Å². The zero-order valence-electron chi connectivity index (χ0n) is 23.5. The minimum absolute atomic E-state index is 0.0168. The minimum Gasteiger partial charge on any atom is -0.481 e. The van der Waals surface area contributed by atoms with Gasteiger partial charge in [-0.3, -0.25) is 24.2 Å². The Kier molecular flexibility index (Phi) is 9.12. The number of carbonyl (C=O) groups excluding carboxylic acids is 2. The van der Waals surface area contributed by atoms with Gasteiger partial charge in [0, 0.05) is 62.4 Å². The maximum absolute atomic E-state index is 13.5. The first-order chi connectivity index (χ1) is 20.2. The quantitative estimate of drug-likeness (QED) is 0.349. The number of aromatic nitrogens is 2. The van der Waals surface area contributed by atoms with Gasteiger partial charge < -0.3 is 14.6 Å². The Morgan fingerprint density at radius 1 is 1.24 bits per heavy atom. The minimum atomic E-state index is -1.02. The summed E-state index contributed by atoms with van der Waals surface area (Å²) < 4.78 is 23.6. The summed E-state index contributed by atoms with van der Waals surface area (Å²) in [5.41, 5.74) is 3.75. The SMILES string of the molecule is CN(C(=O)[C@@H](CC(=O)O)CC1CCOCC1)c1nc(-c2cc(OCF)ccc2-c2cnc3c(c2)CCC(=O)N3C)cs1. The van der Waals surface area contributed by atoms with E-state index in [0.29, 0.717) is 60.4 Å². The lowest BCUT2D eigenvalue weighted by Gasteiger charge is -2.27. The largest absolute Gasteiger partial charge is 0.481 e. The Labute approximate surface area is 247 Å². The number of aryl methyl sites for hydroxylation is 1. The molecule has 5 rings (SSSR count). The number of fused-ring (bicyclic) bond motifs is 1. The van der Waals surface area contributed by atoms with E-state index in [4.69, 9.17) is 14.5 Å². The van der Waals surface area contributed by atoms with E-state index in [-0.39, 0.29) is 24.2 Å². The number of carboxylic acid groups (broad SMARTS) is 1. The maximum atomic E-state index is 13.5. The van der Waals surface area contributed by atoms with Crippen LogP contribution < -0.4 is 14.5 Å². The molecule has 3 aromatic rings. The highest BCUT2D eigenvalue weighted by atomic mass is 32.1. The number of alkyl halides is 1. The number of amides is 2. The van der Waals surface area contributed by atoms with Crippen molar-refractivity contribution < 1.29 is 33.4 Å². The highest BCUT2D eigenvalue weighted by Gasteiger charge is 2.31. The van der Waals surface area contributed by atoms with Gasteiger partial charge in [0.05, 0.1) is 12.1 Å². The lowest BCUT2D eigenvalue weighted by molar-refractivity contribution is -0.141. The predicted octanol–water partition coefficient (Wildman–Crippen LogP) is 4.96. The van der Waals surface area contributed by atoms with Crippen molar-refractivity contribution in [2.24, 2.45) is 11.8 Å². The molecule has 10 nitrogen and oxygen atoms in total. The predicted molar refractivity (Wildman–Crippen MR) is 156 cm³/mol. The summed E-state index contributed by atoms with van der Waals surface area (Å²) in [7, 11) is 3.32. The molecule has 42 heavy (non-hydrogen) atoms. The fraction of sp³-hybridized carbons (Fsp3) is 0.433. The van der Waals surface area contributed by atoms with Gasteiger partial charge >= 0.3 is 5.97 Å². The molecule has 0 aliphatic carbocycles. The van der Waals surface area contributed by atoms with Crippen LogP contribution in [0.15, 0.2) is 35.8 Å². The molecule has 1 atom stereocenters. The average Bonchev–Trinajstić information content (AvgIpc) is 3.49. The summed E-state index contributed by atoms with van der Waals surface area (Å²) in [6, 6.07) is 7.17. The molecule has 1 fully saturated rings. The molecule has 222 valence electrons. The zero-order valence-corrected chi connectivity index (χ0v) is 24.4. The van der Waals surface area contributed by atoms with Crippen molar-refractivity contribution in [3.63, 3.8) is 0 Å². The van der Waals surface area contributed by atoms with Crippen LogP contribution in [0, 0.1) is 11.8 Å². The van der Waals surface area contributed by atoms with Crippen LogP contribution in [-0.2, 0) is 25.5 Å². The van der Waals surface area contributed by atoms with Crippen molar-refractivity contribution >= 4 is 40.1 Å². The molecule has 12 heteroatoms. The molecule has 2 aliphatic heterocycles. The monoisotopic (exact) mass is 596 g/mol. The Morgan fingerprint density at radius 3 is 2.76 bits per heavy atom. The fourth-order valence-corrected chi connectivity index (χ4v) is 6.38. The van der Waals surface area contributed by atoms with Crippen molar-refractivity contribution in [3.8, 4) is 28.1 Å². The molecule has 2 aliphatic rings.